The molecule has 1 fully saturated rings. The van der Waals surface area contributed by atoms with Gasteiger partial charge in [0, 0.05) is 13.1 Å². The Labute approximate surface area is 142 Å². The number of likely N-dealkylation sites (tertiary alicyclic amines) is 1. The Balaban J connectivity index is 2.20. The van der Waals surface area contributed by atoms with Crippen LogP contribution in [0.2, 0.25) is 0 Å². The summed E-state index contributed by atoms with van der Waals surface area (Å²) in [5, 5.41) is 47.0. The molecule has 1 aliphatic heterocycles. The van der Waals surface area contributed by atoms with E-state index in [0.29, 0.717) is 25.4 Å². The van der Waals surface area contributed by atoms with Gasteiger partial charge in [-0.25, -0.2) is 4.79 Å². The van der Waals surface area contributed by atoms with Crippen molar-refractivity contribution in [2.75, 3.05) is 19.7 Å². The molecule has 8 heteroatoms. The maximum atomic E-state index is 11.8. The first-order chi connectivity index (χ1) is 11.0. The van der Waals surface area contributed by atoms with Gasteiger partial charge in [0.1, 0.15) is 23.9 Å². The Bertz CT molecular complexity index is 392. The molecule has 0 aromatic carbocycles. The summed E-state index contributed by atoms with van der Waals surface area (Å²) in [5.41, 5.74) is -0.512. The summed E-state index contributed by atoms with van der Waals surface area (Å²) in [4.78, 5) is 13.4. The number of nitrogens with zero attached hydrogens (tertiary/aromatic N) is 1. The van der Waals surface area contributed by atoms with Crippen LogP contribution in [0.4, 0.5) is 4.79 Å². The predicted octanol–water partition coefficient (Wildman–Crippen LogP) is -0.540. The van der Waals surface area contributed by atoms with Gasteiger partial charge in [-0.1, -0.05) is 6.42 Å². The predicted molar refractivity (Wildman–Crippen MR) is 86.3 cm³/mol. The van der Waals surface area contributed by atoms with Crippen LogP contribution in [0.15, 0.2) is 0 Å². The average molecular weight is 349 g/mol. The highest BCUT2D eigenvalue weighted by Gasteiger charge is 2.34. The maximum absolute atomic E-state index is 11.8. The normalized spacial score (nSPS) is 20.9. The number of aliphatic hydroxyl groups excluding tert-OH is 5. The molecular weight excluding hydrogens is 318 g/mol. The standard InChI is InChI=1S/C16H31NO7/c1-16(2,3)24-15(23)17-7-10(8-17)5-4-6-11(19)13(21)14(22)12(20)9-18/h10-14,18-22H,4-9H2,1-3H3/t11-,12+,13+,14+/m0/s1. The van der Waals surface area contributed by atoms with E-state index >= 15 is 0 Å². The van der Waals surface area contributed by atoms with Gasteiger partial charge in [0.25, 0.3) is 0 Å². The largest absolute Gasteiger partial charge is 0.444 e. The molecule has 142 valence electrons. The highest BCUT2D eigenvalue weighted by molar-refractivity contribution is 5.69. The van der Waals surface area contributed by atoms with E-state index in [0.717, 1.165) is 6.42 Å². The van der Waals surface area contributed by atoms with Crippen molar-refractivity contribution in [3.63, 3.8) is 0 Å². The van der Waals surface area contributed by atoms with Crippen LogP contribution in [-0.2, 0) is 4.74 Å². The molecule has 8 nitrogen and oxygen atoms in total. The van der Waals surface area contributed by atoms with Gasteiger partial charge in [-0.05, 0) is 39.5 Å². The van der Waals surface area contributed by atoms with Crippen molar-refractivity contribution in [1.82, 2.24) is 4.90 Å². The lowest BCUT2D eigenvalue weighted by molar-refractivity contribution is -0.116. The van der Waals surface area contributed by atoms with Gasteiger partial charge in [0.15, 0.2) is 0 Å². The molecule has 24 heavy (non-hydrogen) atoms. The van der Waals surface area contributed by atoms with Crippen molar-refractivity contribution >= 4 is 6.09 Å². The van der Waals surface area contributed by atoms with E-state index in [1.165, 1.54) is 0 Å². The molecule has 0 saturated carbocycles. The molecule has 0 aliphatic carbocycles. The van der Waals surface area contributed by atoms with E-state index in [2.05, 4.69) is 0 Å². The number of amides is 1. The van der Waals surface area contributed by atoms with Crippen LogP contribution >= 0.6 is 0 Å². The molecule has 1 amide bonds. The van der Waals surface area contributed by atoms with Crippen molar-refractivity contribution in [3.05, 3.63) is 0 Å². The summed E-state index contributed by atoms with van der Waals surface area (Å²) in [6.07, 6.45) is -4.42. The van der Waals surface area contributed by atoms with E-state index in [1.54, 1.807) is 4.90 Å². The third kappa shape index (κ3) is 6.52. The second-order valence-electron chi connectivity index (χ2n) is 7.48. The van der Waals surface area contributed by atoms with Crippen molar-refractivity contribution in [2.45, 2.75) is 70.1 Å². The van der Waals surface area contributed by atoms with Gasteiger partial charge in [-0.3, -0.25) is 0 Å². The number of ether oxygens (including phenoxy) is 1. The lowest BCUT2D eigenvalue weighted by Crippen LogP contribution is -2.51. The molecule has 0 aromatic heterocycles. The zero-order valence-electron chi connectivity index (χ0n) is 14.6. The van der Waals surface area contributed by atoms with E-state index in [1.807, 2.05) is 20.8 Å². The summed E-state index contributed by atoms with van der Waals surface area (Å²) >= 11 is 0. The van der Waals surface area contributed by atoms with Crippen LogP contribution in [0, 0.1) is 5.92 Å². The molecule has 0 bridgehead atoms. The van der Waals surface area contributed by atoms with Crippen LogP contribution < -0.4 is 0 Å². The van der Waals surface area contributed by atoms with Gasteiger partial charge in [-0.15, -0.1) is 0 Å². The molecule has 0 unspecified atom stereocenters. The molecule has 1 aliphatic rings. The first-order valence-corrected chi connectivity index (χ1v) is 8.36. The van der Waals surface area contributed by atoms with Gasteiger partial charge in [0.05, 0.1) is 12.7 Å². The maximum Gasteiger partial charge on any atom is 0.410 e. The van der Waals surface area contributed by atoms with Gasteiger partial charge in [-0.2, -0.15) is 0 Å². The molecule has 0 spiro atoms. The number of rotatable bonds is 8. The summed E-state index contributed by atoms with van der Waals surface area (Å²) in [6.45, 7) is 5.98. The molecule has 1 heterocycles. The van der Waals surface area contributed by atoms with Gasteiger partial charge >= 0.3 is 6.09 Å². The minimum absolute atomic E-state index is 0.263. The zero-order chi connectivity index (χ0) is 18.5. The quantitative estimate of drug-likeness (QED) is 0.398. The van der Waals surface area contributed by atoms with E-state index in [9.17, 15) is 25.2 Å². The fourth-order valence-corrected chi connectivity index (χ4v) is 2.58. The Morgan fingerprint density at radius 3 is 2.17 bits per heavy atom. The SMILES string of the molecule is CC(C)(C)OC(=O)N1CC(CCC[C@H](O)[C@@H](O)[C@H](O)[C@H](O)CO)C1. The van der Waals surface area contributed by atoms with E-state index < -0.39 is 36.6 Å². The summed E-state index contributed by atoms with van der Waals surface area (Å²) in [5.74, 6) is 0.329. The summed E-state index contributed by atoms with van der Waals surface area (Å²) < 4.78 is 5.27. The fraction of sp³-hybridized carbons (Fsp3) is 0.938. The van der Waals surface area contributed by atoms with Crippen LogP contribution in [0.3, 0.4) is 0 Å². The molecule has 1 saturated heterocycles. The number of aliphatic hydroxyl groups is 5. The first-order valence-electron chi connectivity index (χ1n) is 8.36. The van der Waals surface area contributed by atoms with E-state index in [-0.39, 0.29) is 12.5 Å². The molecule has 4 atom stereocenters. The average Bonchev–Trinajstić information content (AvgIpc) is 2.44. The van der Waals surface area contributed by atoms with E-state index in [4.69, 9.17) is 9.84 Å². The number of carbonyl (C=O) groups is 1. The van der Waals surface area contributed by atoms with Crippen molar-refractivity contribution in [3.8, 4) is 0 Å². The molecule has 5 N–H and O–H groups in total. The smallest absolute Gasteiger partial charge is 0.410 e. The Kier molecular flexibility index (Phi) is 7.88. The van der Waals surface area contributed by atoms with Crippen LogP contribution in [0.5, 0.6) is 0 Å². The van der Waals surface area contributed by atoms with Gasteiger partial charge < -0.3 is 35.2 Å². The first kappa shape index (κ1) is 21.1. The van der Waals surface area contributed by atoms with Crippen molar-refractivity contribution < 1.29 is 35.1 Å². The summed E-state index contributed by atoms with van der Waals surface area (Å²) in [6, 6.07) is 0. The van der Waals surface area contributed by atoms with Crippen LogP contribution in [0.1, 0.15) is 40.0 Å². The molecule has 0 aromatic rings. The minimum Gasteiger partial charge on any atom is -0.444 e. The Hall–Kier alpha value is -0.930. The lowest BCUT2D eigenvalue weighted by atomic mass is 9.92. The zero-order valence-corrected chi connectivity index (χ0v) is 14.6. The highest BCUT2D eigenvalue weighted by atomic mass is 16.6. The lowest BCUT2D eigenvalue weighted by Gasteiger charge is -2.40. The highest BCUT2D eigenvalue weighted by Crippen LogP contribution is 2.24. The second kappa shape index (κ2) is 8.96. The molecule has 1 rings (SSSR count). The number of carbonyl (C=O) groups excluding carboxylic acids is 1. The second-order valence-corrected chi connectivity index (χ2v) is 7.48. The number of hydrogen-bond acceptors (Lipinski definition) is 7. The van der Waals surface area contributed by atoms with Gasteiger partial charge in [0.2, 0.25) is 0 Å². The molecule has 0 radical (unpaired) electrons. The monoisotopic (exact) mass is 349 g/mol. The Morgan fingerprint density at radius 1 is 1.12 bits per heavy atom. The summed E-state index contributed by atoms with van der Waals surface area (Å²) in [7, 11) is 0. The Morgan fingerprint density at radius 2 is 1.67 bits per heavy atom. The number of hydrogen-bond donors (Lipinski definition) is 5. The minimum atomic E-state index is -1.59. The van der Waals surface area contributed by atoms with Crippen molar-refractivity contribution in [2.24, 2.45) is 5.92 Å². The topological polar surface area (TPSA) is 131 Å². The third-order valence-electron chi connectivity index (χ3n) is 4.05. The fourth-order valence-electron chi connectivity index (χ4n) is 2.58. The van der Waals surface area contributed by atoms with Crippen LogP contribution in [0.25, 0.3) is 0 Å². The van der Waals surface area contributed by atoms with Crippen LogP contribution in [-0.4, -0.2) is 86.2 Å². The van der Waals surface area contributed by atoms with Crippen molar-refractivity contribution in [1.29, 1.82) is 0 Å². The molecular formula is C16H31NO7. The third-order valence-corrected chi connectivity index (χ3v) is 4.05.